The monoisotopic (exact) mass is 362 g/mol. The Hall–Kier alpha value is -3.03. The molecule has 4 aromatic rings. The summed E-state index contributed by atoms with van der Waals surface area (Å²) in [6.45, 7) is 0. The molecule has 3 heterocycles. The maximum absolute atomic E-state index is 5.52. The molecule has 26 heavy (non-hydrogen) atoms. The van der Waals surface area contributed by atoms with Crippen molar-refractivity contribution in [3.8, 4) is 22.8 Å². The molecule has 1 aliphatic rings. The van der Waals surface area contributed by atoms with Gasteiger partial charge in [-0.2, -0.15) is 0 Å². The maximum Gasteiger partial charge on any atom is 0.196 e. The van der Waals surface area contributed by atoms with E-state index in [2.05, 4.69) is 17.1 Å². The summed E-state index contributed by atoms with van der Waals surface area (Å²) in [5.41, 5.74) is 2.63. The first kappa shape index (κ1) is 15.2. The number of aromatic nitrogens is 3. The molecule has 2 aromatic carbocycles. The minimum absolute atomic E-state index is 0.673. The Labute approximate surface area is 153 Å². The summed E-state index contributed by atoms with van der Waals surface area (Å²) < 4.78 is 1.99. The molecule has 5 rings (SSSR count). The second-order valence-electron chi connectivity index (χ2n) is 5.78. The molecular formula is C19H14N4O2S. The standard InChI is InChI=1S/C19H14N4O2S/c1-22-24-16-8-7-13(11-17(16)25-22)15-12-18-20-9-10-23(18)19(21-15)26-14-5-3-2-4-6-14/h2-12H,1H3. The number of imidazole rings is 1. The number of hydroxylamine groups is 2. The molecule has 0 radical (unpaired) electrons. The zero-order valence-electron chi connectivity index (χ0n) is 13.9. The largest absolute Gasteiger partial charge is 0.367 e. The average Bonchev–Trinajstić information content (AvgIpc) is 3.27. The van der Waals surface area contributed by atoms with Crippen molar-refractivity contribution in [2.75, 3.05) is 7.05 Å². The van der Waals surface area contributed by atoms with Crippen LogP contribution in [0.4, 0.5) is 0 Å². The molecule has 0 amide bonds. The second-order valence-corrected chi connectivity index (χ2v) is 6.82. The first-order valence-corrected chi connectivity index (χ1v) is 8.89. The van der Waals surface area contributed by atoms with Crippen LogP contribution in [-0.2, 0) is 0 Å². The lowest BCUT2D eigenvalue weighted by atomic mass is 10.1. The fraction of sp³-hybridized carbons (Fsp3) is 0.0526. The van der Waals surface area contributed by atoms with Crippen LogP contribution in [0.3, 0.4) is 0 Å². The van der Waals surface area contributed by atoms with Gasteiger partial charge in [0.2, 0.25) is 0 Å². The van der Waals surface area contributed by atoms with Gasteiger partial charge in [-0.3, -0.25) is 4.40 Å². The highest BCUT2D eigenvalue weighted by atomic mass is 32.2. The van der Waals surface area contributed by atoms with Gasteiger partial charge in [0.05, 0.1) is 12.7 Å². The van der Waals surface area contributed by atoms with E-state index in [0.29, 0.717) is 11.5 Å². The summed E-state index contributed by atoms with van der Waals surface area (Å²) in [7, 11) is 1.71. The van der Waals surface area contributed by atoms with E-state index in [4.69, 9.17) is 14.7 Å². The number of fused-ring (bicyclic) bond motifs is 2. The van der Waals surface area contributed by atoms with E-state index < -0.39 is 0 Å². The van der Waals surface area contributed by atoms with E-state index in [1.54, 1.807) is 25.0 Å². The van der Waals surface area contributed by atoms with Crippen molar-refractivity contribution in [3.05, 3.63) is 67.0 Å². The normalized spacial score (nSPS) is 13.4. The number of rotatable bonds is 3. The van der Waals surface area contributed by atoms with Gasteiger partial charge in [0.1, 0.15) is 5.65 Å². The van der Waals surface area contributed by atoms with Crippen LogP contribution < -0.4 is 9.68 Å². The molecule has 2 aromatic heterocycles. The van der Waals surface area contributed by atoms with Crippen molar-refractivity contribution in [3.63, 3.8) is 0 Å². The van der Waals surface area contributed by atoms with E-state index in [1.165, 1.54) is 5.23 Å². The highest BCUT2D eigenvalue weighted by molar-refractivity contribution is 7.99. The van der Waals surface area contributed by atoms with Gasteiger partial charge in [-0.05, 0) is 30.3 Å². The Bertz CT molecular complexity index is 1100. The minimum atomic E-state index is 0.673. The summed E-state index contributed by atoms with van der Waals surface area (Å²) in [5.74, 6) is 1.37. The Morgan fingerprint density at radius 2 is 1.81 bits per heavy atom. The van der Waals surface area contributed by atoms with Crippen molar-refractivity contribution in [1.82, 2.24) is 19.6 Å². The van der Waals surface area contributed by atoms with Crippen molar-refractivity contribution >= 4 is 17.4 Å². The molecule has 0 N–H and O–H groups in total. The van der Waals surface area contributed by atoms with E-state index in [0.717, 1.165) is 27.0 Å². The van der Waals surface area contributed by atoms with Gasteiger partial charge in [-0.25, -0.2) is 9.97 Å². The third-order valence-electron chi connectivity index (χ3n) is 4.00. The van der Waals surface area contributed by atoms with E-state index in [-0.39, 0.29) is 0 Å². The minimum Gasteiger partial charge on any atom is -0.367 e. The molecule has 0 bridgehead atoms. The highest BCUT2D eigenvalue weighted by Crippen LogP contribution is 2.37. The van der Waals surface area contributed by atoms with Crippen LogP contribution in [0.15, 0.2) is 77.0 Å². The summed E-state index contributed by atoms with van der Waals surface area (Å²) in [6.07, 6.45) is 3.70. The smallest absolute Gasteiger partial charge is 0.196 e. The number of benzene rings is 2. The van der Waals surface area contributed by atoms with E-state index in [9.17, 15) is 0 Å². The Morgan fingerprint density at radius 3 is 2.69 bits per heavy atom. The lowest BCUT2D eigenvalue weighted by Gasteiger charge is -2.08. The molecule has 0 spiro atoms. The Balaban J connectivity index is 1.60. The van der Waals surface area contributed by atoms with Crippen LogP contribution in [0, 0.1) is 0 Å². The summed E-state index contributed by atoms with van der Waals surface area (Å²) in [6, 6.07) is 17.9. The predicted octanol–water partition coefficient (Wildman–Crippen LogP) is 4.08. The molecule has 0 fully saturated rings. The van der Waals surface area contributed by atoms with Gasteiger partial charge in [0, 0.05) is 34.1 Å². The third-order valence-corrected chi connectivity index (χ3v) is 4.98. The number of nitrogens with zero attached hydrogens (tertiary/aromatic N) is 4. The van der Waals surface area contributed by atoms with Gasteiger partial charge < -0.3 is 9.68 Å². The Morgan fingerprint density at radius 1 is 0.962 bits per heavy atom. The maximum atomic E-state index is 5.52. The predicted molar refractivity (Wildman–Crippen MR) is 98.0 cm³/mol. The van der Waals surface area contributed by atoms with Gasteiger partial charge >= 0.3 is 0 Å². The van der Waals surface area contributed by atoms with Gasteiger partial charge in [0.15, 0.2) is 16.7 Å². The lowest BCUT2D eigenvalue weighted by Crippen LogP contribution is -2.19. The fourth-order valence-electron chi connectivity index (χ4n) is 2.82. The molecule has 7 heteroatoms. The molecule has 1 aliphatic heterocycles. The molecule has 0 aliphatic carbocycles. The van der Waals surface area contributed by atoms with Crippen molar-refractivity contribution < 1.29 is 9.68 Å². The van der Waals surface area contributed by atoms with Gasteiger partial charge in [-0.15, -0.1) is 0 Å². The van der Waals surface area contributed by atoms with Crippen LogP contribution in [0.25, 0.3) is 16.9 Å². The quantitative estimate of drug-likeness (QED) is 0.512. The summed E-state index contributed by atoms with van der Waals surface area (Å²) >= 11 is 1.60. The van der Waals surface area contributed by atoms with Gasteiger partial charge in [0.25, 0.3) is 0 Å². The van der Waals surface area contributed by atoms with E-state index in [1.807, 2.05) is 53.1 Å². The fourth-order valence-corrected chi connectivity index (χ4v) is 3.72. The first-order chi connectivity index (χ1) is 12.8. The molecule has 0 saturated carbocycles. The molecule has 0 atom stereocenters. The molecule has 0 saturated heterocycles. The Kier molecular flexibility index (Phi) is 3.55. The van der Waals surface area contributed by atoms with Crippen LogP contribution in [0.2, 0.25) is 0 Å². The topological polar surface area (TPSA) is 51.9 Å². The number of hydrogen-bond acceptors (Lipinski definition) is 6. The molecule has 6 nitrogen and oxygen atoms in total. The first-order valence-electron chi connectivity index (χ1n) is 8.07. The molecule has 0 unspecified atom stereocenters. The summed E-state index contributed by atoms with van der Waals surface area (Å²) in [4.78, 5) is 21.4. The average molecular weight is 362 g/mol. The zero-order chi connectivity index (χ0) is 17.5. The van der Waals surface area contributed by atoms with Crippen LogP contribution in [0.5, 0.6) is 11.5 Å². The highest BCUT2D eigenvalue weighted by Gasteiger charge is 2.20. The van der Waals surface area contributed by atoms with Crippen molar-refractivity contribution in [2.24, 2.45) is 0 Å². The second kappa shape index (κ2) is 6.05. The lowest BCUT2D eigenvalue weighted by molar-refractivity contribution is -0.204. The zero-order valence-corrected chi connectivity index (χ0v) is 14.7. The summed E-state index contributed by atoms with van der Waals surface area (Å²) in [5, 5.41) is 2.19. The third kappa shape index (κ3) is 2.67. The van der Waals surface area contributed by atoms with E-state index >= 15 is 0 Å². The number of hydrogen-bond donors (Lipinski definition) is 0. The molecule has 128 valence electrons. The molecular weight excluding hydrogens is 348 g/mol. The van der Waals surface area contributed by atoms with Crippen molar-refractivity contribution in [2.45, 2.75) is 10.1 Å². The van der Waals surface area contributed by atoms with Gasteiger partial charge in [-0.1, -0.05) is 30.0 Å². The van der Waals surface area contributed by atoms with Crippen molar-refractivity contribution in [1.29, 1.82) is 0 Å². The SMILES string of the molecule is CN1Oc2ccc(-c3cc4nccn4c(Sc4ccccc4)n3)cc2O1. The van der Waals surface area contributed by atoms with Crippen LogP contribution in [-0.4, -0.2) is 26.6 Å². The van der Waals surface area contributed by atoms with Crippen LogP contribution >= 0.6 is 11.8 Å². The van der Waals surface area contributed by atoms with Crippen LogP contribution in [0.1, 0.15) is 0 Å².